The van der Waals surface area contributed by atoms with Gasteiger partial charge in [-0.25, -0.2) is 0 Å². The molecule has 8 nitrogen and oxygen atoms in total. The van der Waals surface area contributed by atoms with Gasteiger partial charge in [0, 0.05) is 13.1 Å². The summed E-state index contributed by atoms with van der Waals surface area (Å²) in [7, 11) is 6.89. The first-order valence-corrected chi connectivity index (χ1v) is 26.1. The first-order valence-electron chi connectivity index (χ1n) is 26.1. The minimum atomic E-state index is -0.128. The summed E-state index contributed by atoms with van der Waals surface area (Å²) in [5.74, 6) is -0.511. The zero-order chi connectivity index (χ0) is 45.0. The predicted octanol–water partition coefficient (Wildman–Crippen LogP) is 13.3. The van der Waals surface area contributed by atoms with E-state index < -0.39 is 0 Å². The summed E-state index contributed by atoms with van der Waals surface area (Å²) in [5.41, 5.74) is 2.22. The number of carbonyl (C=O) groups excluding carboxylic acids is 4. The fraction of sp³-hybridized carbons (Fsp3) is 0.709. The largest absolute Gasteiger partial charge is 0.331 e. The number of hydrogen-bond acceptors (Lipinski definition) is 5. The third kappa shape index (κ3) is 20.1. The molecular formula is C55H89N4O4+. The molecule has 4 rings (SSSR count). The maximum Gasteiger partial charge on any atom is 0.261 e. The van der Waals surface area contributed by atoms with Crippen LogP contribution in [0.5, 0.6) is 0 Å². The van der Waals surface area contributed by atoms with E-state index in [2.05, 4.69) is 26.0 Å². The fourth-order valence-electron chi connectivity index (χ4n) is 9.59. The Morgan fingerprint density at radius 3 is 0.810 bits per heavy atom. The third-order valence-electron chi connectivity index (χ3n) is 13.5. The van der Waals surface area contributed by atoms with Crippen LogP contribution in [0.1, 0.15) is 234 Å². The summed E-state index contributed by atoms with van der Waals surface area (Å²) >= 11 is 0. The molecule has 4 amide bonds. The van der Waals surface area contributed by atoms with Crippen LogP contribution >= 0.6 is 0 Å². The van der Waals surface area contributed by atoms with Crippen molar-refractivity contribution >= 4 is 23.6 Å². The molecule has 0 saturated heterocycles. The van der Waals surface area contributed by atoms with Crippen LogP contribution in [-0.2, 0) is 0 Å². The second-order valence-corrected chi connectivity index (χ2v) is 20.1. The van der Waals surface area contributed by atoms with Crippen molar-refractivity contribution < 1.29 is 23.7 Å². The normalized spacial score (nSPS) is 13.9. The van der Waals surface area contributed by atoms with Gasteiger partial charge in [0.2, 0.25) is 0 Å². The first kappa shape index (κ1) is 52.3. The molecule has 0 spiro atoms. The molecule has 2 aromatic rings. The molecule has 0 aromatic heterocycles. The molecule has 0 bridgehead atoms. The quantitative estimate of drug-likeness (QED) is 0.0380. The lowest BCUT2D eigenvalue weighted by molar-refractivity contribution is -0.870. The monoisotopic (exact) mass is 870 g/mol. The van der Waals surface area contributed by atoms with E-state index in [9.17, 15) is 19.2 Å². The molecule has 352 valence electrons. The van der Waals surface area contributed by atoms with E-state index >= 15 is 0 Å². The van der Waals surface area contributed by atoms with Gasteiger partial charge in [0.15, 0.2) is 0 Å². The lowest BCUT2D eigenvalue weighted by atomic mass is 10.0. The van der Waals surface area contributed by atoms with Crippen LogP contribution in [0.15, 0.2) is 48.5 Å². The Kier molecular flexibility index (Phi) is 25.5. The van der Waals surface area contributed by atoms with E-state index in [1.54, 1.807) is 24.3 Å². The van der Waals surface area contributed by atoms with Crippen molar-refractivity contribution in [2.75, 3.05) is 60.4 Å². The topological polar surface area (TPSA) is 78.0 Å². The number of rotatable bonds is 39. The number of quaternary nitrogens is 1. The highest BCUT2D eigenvalue weighted by molar-refractivity contribution is 6.22. The van der Waals surface area contributed by atoms with Crippen molar-refractivity contribution in [3.05, 3.63) is 70.8 Å². The summed E-state index contributed by atoms with van der Waals surface area (Å²) in [5, 5.41) is 0. The lowest BCUT2D eigenvalue weighted by Crippen LogP contribution is -2.35. The van der Waals surface area contributed by atoms with Gasteiger partial charge in [-0.3, -0.25) is 29.0 Å². The van der Waals surface area contributed by atoms with Gasteiger partial charge in [-0.2, -0.15) is 0 Å². The van der Waals surface area contributed by atoms with E-state index in [4.69, 9.17) is 0 Å². The molecule has 2 aliphatic heterocycles. The van der Waals surface area contributed by atoms with Crippen molar-refractivity contribution in [2.24, 2.45) is 0 Å². The molecule has 8 heteroatoms. The summed E-state index contributed by atoms with van der Waals surface area (Å²) in [6, 6.07) is 14.4. The number of carbonyl (C=O) groups is 4. The third-order valence-corrected chi connectivity index (χ3v) is 13.5. The van der Waals surface area contributed by atoms with Gasteiger partial charge >= 0.3 is 0 Å². The summed E-state index contributed by atoms with van der Waals surface area (Å²) in [4.78, 5) is 56.0. The first-order chi connectivity index (χ1) is 30.7. The minimum absolute atomic E-state index is 0.128. The molecule has 2 heterocycles. The summed E-state index contributed by atoms with van der Waals surface area (Å²) in [6.45, 7) is 6.16. The highest BCUT2D eigenvalue weighted by Gasteiger charge is 2.35. The van der Waals surface area contributed by atoms with Gasteiger partial charge in [0.25, 0.3) is 23.6 Å². The molecule has 0 fully saturated rings. The van der Waals surface area contributed by atoms with Crippen LogP contribution in [0.4, 0.5) is 0 Å². The number of imide groups is 2. The van der Waals surface area contributed by atoms with Gasteiger partial charge in [-0.1, -0.05) is 172 Å². The fourth-order valence-corrected chi connectivity index (χ4v) is 9.59. The SMILES string of the molecule is C[N+](C)(C)CCCCCCCCCCCCN(CCCCCCCCCCCCN1C(=O)c2ccccc2C1=O)CCCCCCCCCCCCN1C(=O)c2ccccc2C1=O. The highest BCUT2D eigenvalue weighted by Crippen LogP contribution is 2.25. The smallest absolute Gasteiger partial charge is 0.261 e. The van der Waals surface area contributed by atoms with Crippen LogP contribution in [0.25, 0.3) is 0 Å². The van der Waals surface area contributed by atoms with Crippen molar-refractivity contribution in [2.45, 2.75) is 193 Å². The van der Waals surface area contributed by atoms with Gasteiger partial charge in [0.05, 0.1) is 49.9 Å². The highest BCUT2D eigenvalue weighted by atomic mass is 16.2. The Balaban J connectivity index is 0.979. The van der Waals surface area contributed by atoms with Crippen molar-refractivity contribution in [1.82, 2.24) is 14.7 Å². The van der Waals surface area contributed by atoms with Crippen molar-refractivity contribution in [1.29, 1.82) is 0 Å². The average Bonchev–Trinajstić information content (AvgIpc) is 3.66. The zero-order valence-corrected chi connectivity index (χ0v) is 40.5. The number of benzene rings is 2. The van der Waals surface area contributed by atoms with E-state index in [-0.39, 0.29) is 23.6 Å². The molecule has 0 radical (unpaired) electrons. The van der Waals surface area contributed by atoms with Crippen LogP contribution in [0, 0.1) is 0 Å². The number of amides is 4. The van der Waals surface area contributed by atoms with Crippen LogP contribution in [0.3, 0.4) is 0 Å². The molecule has 0 atom stereocenters. The van der Waals surface area contributed by atoms with Crippen LogP contribution in [0.2, 0.25) is 0 Å². The number of hydrogen-bond donors (Lipinski definition) is 0. The number of unbranched alkanes of at least 4 members (excludes halogenated alkanes) is 27. The minimum Gasteiger partial charge on any atom is -0.331 e. The Bertz CT molecular complexity index is 1450. The average molecular weight is 870 g/mol. The molecule has 0 N–H and O–H groups in total. The Morgan fingerprint density at radius 2 is 0.556 bits per heavy atom. The maximum atomic E-state index is 12.6. The lowest BCUT2D eigenvalue weighted by Gasteiger charge is -2.23. The van der Waals surface area contributed by atoms with E-state index in [1.807, 2.05) is 24.3 Å². The number of fused-ring (bicyclic) bond motifs is 2. The second-order valence-electron chi connectivity index (χ2n) is 20.1. The number of nitrogens with zero attached hydrogens (tertiary/aromatic N) is 4. The molecular weight excluding hydrogens is 781 g/mol. The van der Waals surface area contributed by atoms with Gasteiger partial charge in [0.1, 0.15) is 0 Å². The van der Waals surface area contributed by atoms with E-state index in [0.29, 0.717) is 35.3 Å². The van der Waals surface area contributed by atoms with E-state index in [0.717, 1.165) is 30.2 Å². The van der Waals surface area contributed by atoms with Gasteiger partial charge < -0.3 is 9.38 Å². The predicted molar refractivity (Wildman–Crippen MR) is 261 cm³/mol. The zero-order valence-electron chi connectivity index (χ0n) is 40.5. The Labute approximate surface area is 384 Å². The van der Waals surface area contributed by atoms with Crippen molar-refractivity contribution in [3.8, 4) is 0 Å². The summed E-state index contributed by atoms with van der Waals surface area (Å²) < 4.78 is 1.09. The standard InChI is InChI=1S/C55H89N4O4/c1-59(2,3)47-37-27-21-15-9-8-12-18-24-34-44-56(42-32-22-16-10-4-6-13-19-25-35-45-57-52(60)48-38-28-29-39-49(48)53(57)61)43-33-23-17-11-5-7-14-20-26-36-46-58-54(62)50-40-30-31-41-51(50)55(58)63/h28-31,38-41H,4-27,32-37,42-47H2,1-3H3/q+1. The molecule has 0 saturated carbocycles. The van der Waals surface area contributed by atoms with E-state index in [1.165, 1.54) is 203 Å². The van der Waals surface area contributed by atoms with Gasteiger partial charge in [-0.15, -0.1) is 0 Å². The molecule has 63 heavy (non-hydrogen) atoms. The molecule has 2 aromatic carbocycles. The summed E-state index contributed by atoms with van der Waals surface area (Å²) in [6.07, 6.45) is 38.6. The van der Waals surface area contributed by atoms with Crippen LogP contribution < -0.4 is 0 Å². The Hall–Kier alpha value is -3.36. The molecule has 0 unspecified atom stereocenters. The molecule has 0 aliphatic carbocycles. The maximum absolute atomic E-state index is 12.6. The van der Waals surface area contributed by atoms with Crippen LogP contribution in [-0.4, -0.2) is 103 Å². The molecule has 2 aliphatic rings. The Morgan fingerprint density at radius 1 is 0.333 bits per heavy atom. The second kappa shape index (κ2) is 30.7. The van der Waals surface area contributed by atoms with Gasteiger partial charge in [-0.05, 0) is 88.8 Å². The van der Waals surface area contributed by atoms with Crippen molar-refractivity contribution in [3.63, 3.8) is 0 Å².